The Morgan fingerprint density at radius 2 is 1.86 bits per heavy atom. The molecule has 0 aliphatic heterocycles. The van der Waals surface area contributed by atoms with Gasteiger partial charge < -0.3 is 4.74 Å². The molecule has 0 radical (unpaired) electrons. The first-order valence-corrected chi connectivity index (χ1v) is 7.56. The molecule has 0 aliphatic rings. The molecule has 0 spiro atoms. The minimum absolute atomic E-state index is 0.396. The number of ether oxygens (including phenoxy) is 1. The first-order valence-electron chi connectivity index (χ1n) is 5.98. The van der Waals surface area contributed by atoms with Crippen molar-refractivity contribution in [3.63, 3.8) is 0 Å². The van der Waals surface area contributed by atoms with Crippen LogP contribution < -0.4 is 0 Å². The van der Waals surface area contributed by atoms with Gasteiger partial charge in [-0.1, -0.05) is 31.9 Å². The van der Waals surface area contributed by atoms with Crippen molar-refractivity contribution in [2.45, 2.75) is 0 Å². The average Bonchev–Trinajstić information content (AvgIpc) is 2.88. The highest BCUT2D eigenvalue weighted by atomic mass is 79.9. The summed E-state index contributed by atoms with van der Waals surface area (Å²) in [6.07, 6.45) is 1.67. The summed E-state index contributed by atoms with van der Waals surface area (Å²) in [6.45, 7) is 0. The Morgan fingerprint density at radius 3 is 2.52 bits per heavy atom. The smallest absolute Gasteiger partial charge is 0.339 e. The summed E-state index contributed by atoms with van der Waals surface area (Å²) in [5.41, 5.74) is 1.99. The number of methoxy groups -OCH3 is 1. The van der Waals surface area contributed by atoms with Gasteiger partial charge in [-0.3, -0.25) is 4.40 Å². The van der Waals surface area contributed by atoms with E-state index in [1.807, 2.05) is 18.2 Å². The molecule has 0 unspecified atom stereocenters. The van der Waals surface area contributed by atoms with Crippen molar-refractivity contribution < 1.29 is 9.53 Å². The first-order chi connectivity index (χ1) is 10.1. The monoisotopic (exact) mass is 409 g/mol. The summed E-state index contributed by atoms with van der Waals surface area (Å²) in [7, 11) is 1.35. The molecule has 5 nitrogen and oxygen atoms in total. The van der Waals surface area contributed by atoms with Crippen LogP contribution in [0.1, 0.15) is 10.4 Å². The largest absolute Gasteiger partial charge is 0.465 e. The van der Waals surface area contributed by atoms with E-state index in [2.05, 4.69) is 42.1 Å². The van der Waals surface area contributed by atoms with Crippen LogP contribution in [0.3, 0.4) is 0 Å². The van der Waals surface area contributed by atoms with Crippen LogP contribution in [0.4, 0.5) is 0 Å². The molecule has 0 bridgehead atoms. The molecule has 3 aromatic rings. The highest BCUT2D eigenvalue weighted by Gasteiger charge is 2.12. The number of pyridine rings is 1. The Hall–Kier alpha value is -1.73. The van der Waals surface area contributed by atoms with E-state index in [4.69, 9.17) is 4.74 Å². The van der Waals surface area contributed by atoms with Crippen molar-refractivity contribution >= 4 is 43.5 Å². The lowest BCUT2D eigenvalue weighted by molar-refractivity contribution is 0.0600. The van der Waals surface area contributed by atoms with Crippen LogP contribution >= 0.6 is 31.9 Å². The van der Waals surface area contributed by atoms with Crippen LogP contribution in [0.15, 0.2) is 45.5 Å². The van der Waals surface area contributed by atoms with Crippen LogP contribution in [0.5, 0.6) is 0 Å². The number of hydrogen-bond donors (Lipinski definition) is 0. The SMILES string of the molecule is COC(=O)c1ccc2nnc(-c3cc(Br)cc(Br)c3)n2c1. The third kappa shape index (κ3) is 2.71. The molecule has 1 aromatic carbocycles. The number of aromatic nitrogens is 3. The predicted molar refractivity (Wildman–Crippen MR) is 85.2 cm³/mol. The van der Waals surface area contributed by atoms with Crippen LogP contribution in [-0.2, 0) is 4.74 Å². The van der Waals surface area contributed by atoms with E-state index in [9.17, 15) is 4.79 Å². The lowest BCUT2D eigenvalue weighted by atomic mass is 10.2. The molecule has 21 heavy (non-hydrogen) atoms. The molecule has 0 atom stereocenters. The third-order valence-corrected chi connectivity index (χ3v) is 3.86. The van der Waals surface area contributed by atoms with Crippen LogP contribution in [0.2, 0.25) is 0 Å². The second kappa shape index (κ2) is 5.57. The Bertz CT molecular complexity index is 825. The molecule has 0 fully saturated rings. The fourth-order valence-electron chi connectivity index (χ4n) is 2.01. The maximum Gasteiger partial charge on any atom is 0.339 e. The summed E-state index contributed by atoms with van der Waals surface area (Å²) in [5, 5.41) is 8.30. The summed E-state index contributed by atoms with van der Waals surface area (Å²) in [4.78, 5) is 11.6. The number of benzene rings is 1. The number of rotatable bonds is 2. The molecule has 2 heterocycles. The molecule has 0 amide bonds. The number of carbonyl (C=O) groups is 1. The van der Waals surface area contributed by atoms with Crippen molar-refractivity contribution in [1.29, 1.82) is 0 Å². The molecular weight excluding hydrogens is 402 g/mol. The fraction of sp³-hybridized carbons (Fsp3) is 0.0714. The number of esters is 1. The topological polar surface area (TPSA) is 56.5 Å². The second-order valence-corrected chi connectivity index (χ2v) is 6.15. The van der Waals surface area contributed by atoms with Crippen LogP contribution in [-0.4, -0.2) is 27.7 Å². The highest BCUT2D eigenvalue weighted by Crippen LogP contribution is 2.27. The van der Waals surface area contributed by atoms with Crippen LogP contribution in [0.25, 0.3) is 17.0 Å². The van der Waals surface area contributed by atoms with Gasteiger partial charge >= 0.3 is 5.97 Å². The minimum atomic E-state index is -0.396. The van der Waals surface area contributed by atoms with Gasteiger partial charge in [0.15, 0.2) is 11.5 Å². The molecule has 3 rings (SSSR count). The van der Waals surface area contributed by atoms with Gasteiger partial charge in [-0.05, 0) is 30.3 Å². The summed E-state index contributed by atoms with van der Waals surface area (Å²) in [6, 6.07) is 9.21. The highest BCUT2D eigenvalue weighted by molar-refractivity contribution is 9.11. The van der Waals surface area contributed by atoms with E-state index in [0.717, 1.165) is 14.5 Å². The molecule has 2 aromatic heterocycles. The Morgan fingerprint density at radius 1 is 1.14 bits per heavy atom. The number of hydrogen-bond acceptors (Lipinski definition) is 4. The number of carbonyl (C=O) groups excluding carboxylic acids is 1. The third-order valence-electron chi connectivity index (χ3n) is 2.94. The van der Waals surface area contributed by atoms with E-state index in [-0.39, 0.29) is 0 Å². The molecule has 7 heteroatoms. The van der Waals surface area contributed by atoms with E-state index < -0.39 is 5.97 Å². The normalized spacial score (nSPS) is 10.8. The maximum absolute atomic E-state index is 11.6. The van der Waals surface area contributed by atoms with Gasteiger partial charge in [-0.25, -0.2) is 4.79 Å². The molecule has 0 saturated heterocycles. The van der Waals surface area contributed by atoms with Gasteiger partial charge in [0.25, 0.3) is 0 Å². The Balaban J connectivity index is 2.20. The standard InChI is InChI=1S/C14H9Br2N3O2/c1-21-14(20)8-2-3-12-17-18-13(19(12)7-8)9-4-10(15)6-11(16)5-9/h2-7H,1H3. The zero-order valence-electron chi connectivity index (χ0n) is 10.9. The maximum atomic E-state index is 11.6. The van der Waals surface area contributed by atoms with Gasteiger partial charge in [0.2, 0.25) is 0 Å². The van der Waals surface area contributed by atoms with Crippen molar-refractivity contribution in [2.75, 3.05) is 7.11 Å². The predicted octanol–water partition coefficient (Wildman–Crippen LogP) is 3.71. The fourth-order valence-corrected chi connectivity index (χ4v) is 3.30. The Kier molecular flexibility index (Phi) is 3.77. The van der Waals surface area contributed by atoms with E-state index in [1.54, 1.807) is 22.7 Å². The summed E-state index contributed by atoms with van der Waals surface area (Å²) >= 11 is 6.90. The molecule has 0 aliphatic carbocycles. The summed E-state index contributed by atoms with van der Waals surface area (Å²) < 4.78 is 8.35. The zero-order chi connectivity index (χ0) is 15.0. The van der Waals surface area contributed by atoms with Crippen molar-refractivity contribution in [2.24, 2.45) is 0 Å². The zero-order valence-corrected chi connectivity index (χ0v) is 14.1. The number of nitrogens with zero attached hydrogens (tertiary/aromatic N) is 3. The lowest BCUT2D eigenvalue weighted by Gasteiger charge is -2.04. The number of halogens is 2. The lowest BCUT2D eigenvalue weighted by Crippen LogP contribution is -2.03. The van der Waals surface area contributed by atoms with Gasteiger partial charge in [-0.15, -0.1) is 10.2 Å². The van der Waals surface area contributed by atoms with Crippen molar-refractivity contribution in [3.05, 3.63) is 51.0 Å². The Labute approximate surface area is 137 Å². The van der Waals surface area contributed by atoms with Gasteiger partial charge in [0.05, 0.1) is 12.7 Å². The van der Waals surface area contributed by atoms with E-state index in [1.165, 1.54) is 7.11 Å². The van der Waals surface area contributed by atoms with Crippen molar-refractivity contribution in [3.8, 4) is 11.4 Å². The summed E-state index contributed by atoms with van der Waals surface area (Å²) in [5.74, 6) is 0.254. The molecule has 0 N–H and O–H groups in total. The van der Waals surface area contributed by atoms with Gasteiger partial charge in [-0.2, -0.15) is 0 Å². The van der Waals surface area contributed by atoms with E-state index in [0.29, 0.717) is 17.0 Å². The quantitative estimate of drug-likeness (QED) is 0.604. The van der Waals surface area contributed by atoms with Crippen LogP contribution in [0, 0.1) is 0 Å². The average molecular weight is 411 g/mol. The van der Waals surface area contributed by atoms with Gasteiger partial charge in [0, 0.05) is 20.7 Å². The molecular formula is C14H9Br2N3O2. The van der Waals surface area contributed by atoms with E-state index >= 15 is 0 Å². The molecule has 0 saturated carbocycles. The minimum Gasteiger partial charge on any atom is -0.465 e. The molecule has 106 valence electrons. The van der Waals surface area contributed by atoms with Crippen molar-refractivity contribution in [1.82, 2.24) is 14.6 Å². The second-order valence-electron chi connectivity index (χ2n) is 4.32. The number of fused-ring (bicyclic) bond motifs is 1. The van der Waals surface area contributed by atoms with Gasteiger partial charge in [0.1, 0.15) is 0 Å². The first kappa shape index (κ1) is 14.2.